The Balaban J connectivity index is 0.00000147. The Morgan fingerprint density at radius 1 is 1.10 bits per heavy atom. The van der Waals surface area contributed by atoms with Crippen LogP contribution in [0.3, 0.4) is 0 Å². The zero-order chi connectivity index (χ0) is 13.2. The molecule has 20 heavy (non-hydrogen) atoms. The third kappa shape index (κ3) is 3.17. The van der Waals surface area contributed by atoms with Crippen molar-refractivity contribution in [2.75, 3.05) is 0 Å². The van der Waals surface area contributed by atoms with E-state index in [1.165, 1.54) is 16.7 Å². The number of nitrogens with one attached hydrogen (secondary N) is 1. The summed E-state index contributed by atoms with van der Waals surface area (Å²) in [5.41, 5.74) is 6.17. The molecule has 0 aliphatic carbocycles. The van der Waals surface area contributed by atoms with E-state index in [-0.39, 0.29) is 12.4 Å². The lowest BCUT2D eigenvalue weighted by Crippen LogP contribution is -1.88. The summed E-state index contributed by atoms with van der Waals surface area (Å²) in [5.74, 6) is 0.952. The number of hydrogen-bond acceptors (Lipinski definition) is 2. The molecule has 4 heteroatoms. The first-order valence-electron chi connectivity index (χ1n) is 6.36. The van der Waals surface area contributed by atoms with Gasteiger partial charge in [0.1, 0.15) is 0 Å². The summed E-state index contributed by atoms with van der Waals surface area (Å²) in [4.78, 5) is 7.94. The Morgan fingerprint density at radius 2 is 1.90 bits per heavy atom. The largest absolute Gasteiger partial charge is 0.333 e. The molecule has 1 N–H and O–H groups in total. The molecular weight excluding hydrogens is 288 g/mol. The van der Waals surface area contributed by atoms with Gasteiger partial charge in [0.25, 0.3) is 0 Å². The minimum absolute atomic E-state index is 0. The second kappa shape index (κ2) is 6.33. The summed E-state index contributed by atoms with van der Waals surface area (Å²) < 4.78 is 0. The number of para-hydroxylation sites is 2. The van der Waals surface area contributed by atoms with Crippen molar-refractivity contribution in [1.29, 1.82) is 0 Å². The van der Waals surface area contributed by atoms with Gasteiger partial charge in [-0.25, -0.2) is 4.98 Å². The zero-order valence-electron chi connectivity index (χ0n) is 11.5. The zero-order valence-corrected chi connectivity index (χ0v) is 13.1. The highest BCUT2D eigenvalue weighted by molar-refractivity contribution is 7.98. The number of aryl methyl sites for hydroxylation is 2. The van der Waals surface area contributed by atoms with Gasteiger partial charge in [0.15, 0.2) is 5.16 Å². The fraction of sp³-hybridized carbons (Fsp3) is 0.188. The topological polar surface area (TPSA) is 28.7 Å². The van der Waals surface area contributed by atoms with Crippen LogP contribution in [0.2, 0.25) is 0 Å². The van der Waals surface area contributed by atoms with Crippen molar-refractivity contribution in [3.63, 3.8) is 0 Å². The number of H-pyrrole nitrogens is 1. The molecule has 1 aromatic heterocycles. The number of imidazole rings is 1. The highest BCUT2D eigenvalue weighted by Crippen LogP contribution is 2.24. The quantitative estimate of drug-likeness (QED) is 0.698. The maximum absolute atomic E-state index is 4.59. The average molecular weight is 305 g/mol. The van der Waals surface area contributed by atoms with Crippen molar-refractivity contribution in [2.45, 2.75) is 24.8 Å². The van der Waals surface area contributed by atoms with Crippen molar-refractivity contribution in [1.82, 2.24) is 9.97 Å². The Kier molecular flexibility index (Phi) is 4.73. The molecule has 104 valence electrons. The van der Waals surface area contributed by atoms with Crippen molar-refractivity contribution in [3.05, 3.63) is 59.2 Å². The number of fused-ring (bicyclic) bond motifs is 1. The molecule has 1 heterocycles. The minimum atomic E-state index is 0. The number of thioether (sulfide) groups is 1. The van der Waals surface area contributed by atoms with Crippen molar-refractivity contribution in [2.24, 2.45) is 0 Å². The van der Waals surface area contributed by atoms with E-state index in [9.17, 15) is 0 Å². The molecular formula is C16H17ClN2S. The van der Waals surface area contributed by atoms with Crippen LogP contribution in [0.25, 0.3) is 11.0 Å². The van der Waals surface area contributed by atoms with Gasteiger partial charge in [0.05, 0.1) is 11.0 Å². The van der Waals surface area contributed by atoms with Crippen molar-refractivity contribution >= 4 is 35.2 Å². The maximum atomic E-state index is 4.59. The van der Waals surface area contributed by atoms with Crippen molar-refractivity contribution in [3.8, 4) is 0 Å². The second-order valence-electron chi connectivity index (χ2n) is 4.78. The predicted octanol–water partition coefficient (Wildman–Crippen LogP) is 4.89. The van der Waals surface area contributed by atoms with E-state index in [0.717, 1.165) is 21.9 Å². The molecule has 0 atom stereocenters. The van der Waals surface area contributed by atoms with E-state index < -0.39 is 0 Å². The number of benzene rings is 2. The van der Waals surface area contributed by atoms with E-state index in [2.05, 4.69) is 48.1 Å². The first-order valence-corrected chi connectivity index (χ1v) is 7.34. The molecule has 0 bridgehead atoms. The molecule has 0 amide bonds. The van der Waals surface area contributed by atoms with Gasteiger partial charge >= 0.3 is 0 Å². The molecule has 0 aliphatic heterocycles. The van der Waals surface area contributed by atoms with Crippen LogP contribution in [0.4, 0.5) is 0 Å². The van der Waals surface area contributed by atoms with Gasteiger partial charge in [0.2, 0.25) is 0 Å². The normalized spacial score (nSPS) is 10.5. The fourth-order valence-corrected chi connectivity index (χ4v) is 3.05. The van der Waals surface area contributed by atoms with Crippen LogP contribution in [0.5, 0.6) is 0 Å². The molecule has 2 nitrogen and oxygen atoms in total. The van der Waals surface area contributed by atoms with Gasteiger partial charge in [-0.3, -0.25) is 0 Å². The fourth-order valence-electron chi connectivity index (χ4n) is 2.10. The molecule has 0 saturated heterocycles. The van der Waals surface area contributed by atoms with Crippen LogP contribution >= 0.6 is 24.2 Å². The van der Waals surface area contributed by atoms with E-state index in [1.54, 1.807) is 11.8 Å². The Hall–Kier alpha value is -1.45. The summed E-state index contributed by atoms with van der Waals surface area (Å²) in [7, 11) is 0. The van der Waals surface area contributed by atoms with E-state index in [0.29, 0.717) is 0 Å². The van der Waals surface area contributed by atoms with Gasteiger partial charge < -0.3 is 4.98 Å². The molecule has 2 aromatic carbocycles. The number of aromatic nitrogens is 2. The minimum Gasteiger partial charge on any atom is -0.333 e. The molecule has 0 spiro atoms. The highest BCUT2D eigenvalue weighted by Gasteiger charge is 2.04. The summed E-state index contributed by atoms with van der Waals surface area (Å²) in [6, 6.07) is 14.7. The maximum Gasteiger partial charge on any atom is 0.166 e. The molecule has 3 aromatic rings. The third-order valence-electron chi connectivity index (χ3n) is 3.24. The smallest absolute Gasteiger partial charge is 0.166 e. The molecule has 0 aliphatic rings. The Labute approximate surface area is 129 Å². The van der Waals surface area contributed by atoms with E-state index in [4.69, 9.17) is 0 Å². The second-order valence-corrected chi connectivity index (χ2v) is 5.74. The summed E-state index contributed by atoms with van der Waals surface area (Å²) in [5, 5.41) is 0.988. The summed E-state index contributed by atoms with van der Waals surface area (Å²) in [6.45, 7) is 4.29. The number of aromatic amines is 1. The number of rotatable bonds is 3. The van der Waals surface area contributed by atoms with Crippen LogP contribution in [0.1, 0.15) is 16.7 Å². The van der Waals surface area contributed by atoms with Gasteiger partial charge in [0, 0.05) is 5.75 Å². The van der Waals surface area contributed by atoms with Crippen LogP contribution in [0, 0.1) is 13.8 Å². The molecule has 0 saturated carbocycles. The first kappa shape index (κ1) is 14.9. The molecule has 0 radical (unpaired) electrons. The Bertz CT molecular complexity index is 688. The summed E-state index contributed by atoms with van der Waals surface area (Å²) >= 11 is 1.76. The van der Waals surface area contributed by atoms with Crippen LogP contribution in [-0.2, 0) is 5.75 Å². The third-order valence-corrected chi connectivity index (χ3v) is 4.16. The van der Waals surface area contributed by atoms with E-state index in [1.807, 2.05) is 18.2 Å². The standard InChI is InChI=1S/C16H16N2S.ClH/c1-11-7-8-12(2)13(9-11)10-19-16-17-14-5-3-4-6-15(14)18-16;/h3-9H,10H2,1-2H3,(H,17,18);1H. The summed E-state index contributed by atoms with van der Waals surface area (Å²) in [6.07, 6.45) is 0. The lowest BCUT2D eigenvalue weighted by Gasteiger charge is -2.05. The Morgan fingerprint density at radius 3 is 2.70 bits per heavy atom. The highest BCUT2D eigenvalue weighted by atomic mass is 35.5. The van der Waals surface area contributed by atoms with Crippen LogP contribution < -0.4 is 0 Å². The lowest BCUT2D eigenvalue weighted by molar-refractivity contribution is 1.08. The SMILES string of the molecule is Cc1ccc(C)c(CSc2nc3ccccc3[nH]2)c1.Cl. The molecule has 3 rings (SSSR count). The van der Waals surface area contributed by atoms with Gasteiger partial charge in [-0.2, -0.15) is 0 Å². The first-order chi connectivity index (χ1) is 9.22. The van der Waals surface area contributed by atoms with E-state index >= 15 is 0 Å². The molecule has 0 unspecified atom stereocenters. The number of hydrogen-bond donors (Lipinski definition) is 1. The lowest BCUT2D eigenvalue weighted by atomic mass is 10.1. The van der Waals surface area contributed by atoms with Crippen LogP contribution in [-0.4, -0.2) is 9.97 Å². The monoisotopic (exact) mass is 304 g/mol. The molecule has 0 fully saturated rings. The number of halogens is 1. The average Bonchev–Trinajstić information content (AvgIpc) is 2.82. The van der Waals surface area contributed by atoms with Crippen molar-refractivity contribution < 1.29 is 0 Å². The van der Waals surface area contributed by atoms with Gasteiger partial charge in [-0.05, 0) is 37.1 Å². The van der Waals surface area contributed by atoms with Gasteiger partial charge in [-0.15, -0.1) is 12.4 Å². The predicted molar refractivity (Wildman–Crippen MR) is 88.8 cm³/mol. The number of nitrogens with zero attached hydrogens (tertiary/aromatic N) is 1. The van der Waals surface area contributed by atoms with Crippen LogP contribution in [0.15, 0.2) is 47.6 Å². The van der Waals surface area contributed by atoms with Gasteiger partial charge in [-0.1, -0.05) is 47.7 Å².